The summed E-state index contributed by atoms with van der Waals surface area (Å²) in [5.41, 5.74) is 1.75. The smallest absolute Gasteiger partial charge is 0.255 e. The van der Waals surface area contributed by atoms with Crippen molar-refractivity contribution in [2.24, 2.45) is 0 Å². The molecule has 1 aliphatic heterocycles. The van der Waals surface area contributed by atoms with Gasteiger partial charge in [-0.15, -0.1) is 0 Å². The van der Waals surface area contributed by atoms with E-state index < -0.39 is 0 Å². The van der Waals surface area contributed by atoms with Crippen LogP contribution in [0.15, 0.2) is 12.3 Å². The van der Waals surface area contributed by atoms with Gasteiger partial charge in [-0.25, -0.2) is 0 Å². The van der Waals surface area contributed by atoms with E-state index in [1.165, 1.54) is 0 Å². The van der Waals surface area contributed by atoms with Gasteiger partial charge >= 0.3 is 0 Å². The van der Waals surface area contributed by atoms with E-state index >= 15 is 0 Å². The number of H-pyrrole nitrogens is 1. The fraction of sp³-hybridized carbons (Fsp3) is 0.545. The Kier molecular flexibility index (Phi) is 2.77. The Morgan fingerprint density at radius 3 is 3.00 bits per heavy atom. The van der Waals surface area contributed by atoms with E-state index in [4.69, 9.17) is 0 Å². The van der Waals surface area contributed by atoms with Crippen LogP contribution in [0.25, 0.3) is 0 Å². The van der Waals surface area contributed by atoms with Crippen LogP contribution in [-0.4, -0.2) is 41.5 Å². The molecule has 1 aromatic rings. The van der Waals surface area contributed by atoms with Crippen LogP contribution in [0.5, 0.6) is 0 Å². The molecule has 0 unspecified atom stereocenters. The van der Waals surface area contributed by atoms with E-state index in [2.05, 4.69) is 17.2 Å². The minimum Gasteiger partial charge on any atom is -0.365 e. The van der Waals surface area contributed by atoms with Crippen molar-refractivity contribution in [2.45, 2.75) is 19.9 Å². The van der Waals surface area contributed by atoms with Gasteiger partial charge in [0.15, 0.2) is 0 Å². The zero-order valence-corrected chi connectivity index (χ0v) is 9.21. The number of nitrogens with one attached hydrogen (secondary N) is 2. The lowest BCUT2D eigenvalue weighted by molar-refractivity contribution is 0.0708. The number of aromatic amines is 1. The highest BCUT2D eigenvalue weighted by Crippen LogP contribution is 2.10. The average molecular weight is 207 g/mol. The van der Waals surface area contributed by atoms with Crippen LogP contribution < -0.4 is 5.32 Å². The number of hydrogen-bond acceptors (Lipinski definition) is 2. The molecule has 0 aliphatic carbocycles. The molecule has 0 spiro atoms. The third kappa shape index (κ3) is 2.04. The number of rotatable bonds is 1. The van der Waals surface area contributed by atoms with Crippen molar-refractivity contribution in [3.63, 3.8) is 0 Å². The molecule has 15 heavy (non-hydrogen) atoms. The van der Waals surface area contributed by atoms with Gasteiger partial charge in [0.1, 0.15) is 0 Å². The Morgan fingerprint density at radius 2 is 2.40 bits per heavy atom. The van der Waals surface area contributed by atoms with Gasteiger partial charge < -0.3 is 15.2 Å². The molecule has 0 aromatic carbocycles. The van der Waals surface area contributed by atoms with Gasteiger partial charge in [-0.1, -0.05) is 0 Å². The lowest BCUT2D eigenvalue weighted by Crippen LogP contribution is -2.51. The molecule has 1 fully saturated rings. The molecule has 4 nitrogen and oxygen atoms in total. The van der Waals surface area contributed by atoms with E-state index in [-0.39, 0.29) is 5.91 Å². The summed E-state index contributed by atoms with van der Waals surface area (Å²) in [4.78, 5) is 17.1. The molecule has 0 bridgehead atoms. The lowest BCUT2D eigenvalue weighted by atomic mass is 10.2. The van der Waals surface area contributed by atoms with Crippen molar-refractivity contribution in [2.75, 3.05) is 19.6 Å². The minimum atomic E-state index is 0.141. The number of piperazine rings is 1. The third-order valence-electron chi connectivity index (χ3n) is 2.84. The number of amides is 1. The van der Waals surface area contributed by atoms with Gasteiger partial charge in [-0.05, 0) is 19.9 Å². The highest BCUT2D eigenvalue weighted by atomic mass is 16.2. The van der Waals surface area contributed by atoms with Gasteiger partial charge in [0.2, 0.25) is 0 Å². The molecule has 1 amide bonds. The number of hydrogen-bond donors (Lipinski definition) is 2. The second-order valence-electron chi connectivity index (χ2n) is 4.12. The van der Waals surface area contributed by atoms with Crippen LogP contribution in [0, 0.1) is 6.92 Å². The summed E-state index contributed by atoms with van der Waals surface area (Å²) in [6.07, 6.45) is 1.81. The predicted molar refractivity (Wildman–Crippen MR) is 58.9 cm³/mol. The number of aryl methyl sites for hydroxylation is 1. The van der Waals surface area contributed by atoms with E-state index in [9.17, 15) is 4.79 Å². The quantitative estimate of drug-likeness (QED) is 0.714. The van der Waals surface area contributed by atoms with Crippen molar-refractivity contribution in [1.82, 2.24) is 15.2 Å². The second-order valence-corrected chi connectivity index (χ2v) is 4.12. The molecule has 1 aromatic heterocycles. The second kappa shape index (κ2) is 4.06. The zero-order chi connectivity index (χ0) is 10.8. The first-order valence-corrected chi connectivity index (χ1v) is 5.35. The maximum absolute atomic E-state index is 12.1. The predicted octanol–water partition coefficient (Wildman–Crippen LogP) is 0.757. The summed E-state index contributed by atoms with van der Waals surface area (Å²) in [5.74, 6) is 0.141. The molecule has 2 heterocycles. The minimum absolute atomic E-state index is 0.141. The van der Waals surface area contributed by atoms with Crippen LogP contribution in [0.2, 0.25) is 0 Å². The van der Waals surface area contributed by atoms with Gasteiger partial charge in [0, 0.05) is 37.6 Å². The fourth-order valence-corrected chi connectivity index (χ4v) is 1.97. The molecular formula is C11H17N3O. The van der Waals surface area contributed by atoms with E-state index in [1.807, 2.05) is 24.1 Å². The first-order valence-electron chi connectivity index (χ1n) is 5.35. The number of aromatic nitrogens is 1. The molecule has 2 rings (SSSR count). The summed E-state index contributed by atoms with van der Waals surface area (Å²) < 4.78 is 0. The molecule has 2 N–H and O–H groups in total. The Balaban J connectivity index is 2.11. The monoisotopic (exact) mass is 207 g/mol. The van der Waals surface area contributed by atoms with Crippen molar-refractivity contribution in [3.8, 4) is 0 Å². The molecule has 1 atom stereocenters. The van der Waals surface area contributed by atoms with Crippen molar-refractivity contribution >= 4 is 5.91 Å². The highest BCUT2D eigenvalue weighted by molar-refractivity contribution is 5.95. The van der Waals surface area contributed by atoms with Crippen molar-refractivity contribution in [3.05, 3.63) is 23.5 Å². The Bertz CT molecular complexity index is 358. The van der Waals surface area contributed by atoms with Crippen molar-refractivity contribution in [1.29, 1.82) is 0 Å². The maximum atomic E-state index is 12.1. The first kappa shape index (κ1) is 10.2. The summed E-state index contributed by atoms with van der Waals surface area (Å²) in [6, 6.07) is 2.24. The maximum Gasteiger partial charge on any atom is 0.255 e. The average Bonchev–Trinajstić information content (AvgIpc) is 2.63. The standard InChI is InChI=1S/C11H17N3O/c1-8-7-14(6-5-12-8)11(15)10-3-4-13-9(10)2/h3-4,8,12-13H,5-7H2,1-2H3/t8-/m0/s1. The van der Waals surface area contributed by atoms with E-state index in [1.54, 1.807) is 0 Å². The first-order chi connectivity index (χ1) is 7.18. The molecule has 82 valence electrons. The van der Waals surface area contributed by atoms with E-state index in [0.717, 1.165) is 30.9 Å². The summed E-state index contributed by atoms with van der Waals surface area (Å²) in [7, 11) is 0. The molecule has 0 radical (unpaired) electrons. The number of carbonyl (C=O) groups excluding carboxylic acids is 1. The lowest BCUT2D eigenvalue weighted by Gasteiger charge is -2.31. The van der Waals surface area contributed by atoms with Crippen LogP contribution in [0.4, 0.5) is 0 Å². The van der Waals surface area contributed by atoms with Gasteiger partial charge in [0.05, 0.1) is 5.56 Å². The molecule has 0 saturated carbocycles. The van der Waals surface area contributed by atoms with Gasteiger partial charge in [0.25, 0.3) is 5.91 Å². The summed E-state index contributed by atoms with van der Waals surface area (Å²) in [6.45, 7) is 6.51. The summed E-state index contributed by atoms with van der Waals surface area (Å²) in [5, 5.41) is 3.33. The van der Waals surface area contributed by atoms with Crippen LogP contribution in [0.3, 0.4) is 0 Å². The van der Waals surface area contributed by atoms with Crippen LogP contribution in [0.1, 0.15) is 23.0 Å². The highest BCUT2D eigenvalue weighted by Gasteiger charge is 2.22. The normalized spacial score (nSPS) is 21.7. The zero-order valence-electron chi connectivity index (χ0n) is 9.21. The third-order valence-corrected chi connectivity index (χ3v) is 2.84. The molecule has 1 saturated heterocycles. The Hall–Kier alpha value is -1.29. The summed E-state index contributed by atoms with van der Waals surface area (Å²) >= 11 is 0. The van der Waals surface area contributed by atoms with Crippen LogP contribution in [-0.2, 0) is 0 Å². The largest absolute Gasteiger partial charge is 0.365 e. The van der Waals surface area contributed by atoms with Crippen molar-refractivity contribution < 1.29 is 4.79 Å². The number of carbonyl (C=O) groups is 1. The van der Waals surface area contributed by atoms with E-state index in [0.29, 0.717) is 6.04 Å². The molecule has 4 heteroatoms. The van der Waals surface area contributed by atoms with Crippen LogP contribution >= 0.6 is 0 Å². The molecule has 1 aliphatic rings. The SMILES string of the molecule is Cc1[nH]ccc1C(=O)N1CCN[C@@H](C)C1. The molecular weight excluding hydrogens is 190 g/mol. The Labute approximate surface area is 89.7 Å². The number of nitrogens with zero attached hydrogens (tertiary/aromatic N) is 1. The van der Waals surface area contributed by atoms with Gasteiger partial charge in [-0.2, -0.15) is 0 Å². The fourth-order valence-electron chi connectivity index (χ4n) is 1.97. The Morgan fingerprint density at radius 1 is 1.60 bits per heavy atom. The van der Waals surface area contributed by atoms with Gasteiger partial charge in [-0.3, -0.25) is 4.79 Å². The topological polar surface area (TPSA) is 48.1 Å².